The number of aryl methyl sites for hydroxylation is 1. The van der Waals surface area contributed by atoms with Crippen molar-refractivity contribution in [3.63, 3.8) is 0 Å². The van der Waals surface area contributed by atoms with Gasteiger partial charge in [0.05, 0.1) is 5.02 Å². The Balaban J connectivity index is 1.34. The third kappa shape index (κ3) is 5.32. The summed E-state index contributed by atoms with van der Waals surface area (Å²) < 4.78 is 0. The van der Waals surface area contributed by atoms with Gasteiger partial charge in [-0.2, -0.15) is 0 Å². The van der Waals surface area contributed by atoms with E-state index in [4.69, 9.17) is 17.3 Å². The van der Waals surface area contributed by atoms with Gasteiger partial charge in [0.15, 0.2) is 5.78 Å². The molecule has 1 aromatic carbocycles. The Morgan fingerprint density at radius 2 is 2.03 bits per heavy atom. The molecule has 1 aliphatic heterocycles. The van der Waals surface area contributed by atoms with Crippen LogP contribution in [-0.2, 0) is 6.42 Å². The van der Waals surface area contributed by atoms with E-state index >= 15 is 0 Å². The number of nitrogen functional groups attached to an aromatic ring is 1. The van der Waals surface area contributed by atoms with Crippen LogP contribution in [0, 0.1) is 5.92 Å². The summed E-state index contributed by atoms with van der Waals surface area (Å²) in [5.74, 6) is 1.83. The number of halogens is 1. The number of ketones is 1. The van der Waals surface area contributed by atoms with Crippen LogP contribution in [0.5, 0.6) is 0 Å². The number of aromatic nitrogens is 2. The fraction of sp³-hybridized carbons (Fsp3) is 0.375. The Labute approximate surface area is 187 Å². The molecular formula is C24H28ClN5O. The normalized spacial score (nSPS) is 15.3. The average molecular weight is 438 g/mol. The number of carbonyl (C=O) groups excluding carboxylic acids is 1. The summed E-state index contributed by atoms with van der Waals surface area (Å²) in [5, 5.41) is 5.81. The second-order valence-electron chi connectivity index (χ2n) is 8.36. The lowest BCUT2D eigenvalue weighted by atomic mass is 9.97. The fourth-order valence-corrected chi connectivity index (χ4v) is 4.27. The van der Waals surface area contributed by atoms with Crippen molar-refractivity contribution >= 4 is 39.8 Å². The first-order valence-electron chi connectivity index (χ1n) is 10.7. The van der Waals surface area contributed by atoms with Crippen LogP contribution in [0.15, 0.2) is 42.7 Å². The highest BCUT2D eigenvalue weighted by atomic mass is 35.5. The SMILES string of the molecule is CN1CCC(CNc2ncc(C(=O)CCc3ccc4c(N)nccc4c3)cc2Cl)CC1. The largest absolute Gasteiger partial charge is 0.383 e. The molecule has 1 fully saturated rings. The van der Waals surface area contributed by atoms with Crippen molar-refractivity contribution in [3.8, 4) is 0 Å². The van der Waals surface area contributed by atoms with E-state index in [0.29, 0.717) is 41.0 Å². The number of fused-ring (bicyclic) bond motifs is 1. The van der Waals surface area contributed by atoms with E-state index in [-0.39, 0.29) is 5.78 Å². The monoisotopic (exact) mass is 437 g/mol. The Morgan fingerprint density at radius 1 is 1.23 bits per heavy atom. The Bertz CT molecular complexity index is 1080. The van der Waals surface area contributed by atoms with Gasteiger partial charge in [0.25, 0.3) is 0 Å². The minimum absolute atomic E-state index is 0.0330. The maximum absolute atomic E-state index is 12.7. The van der Waals surface area contributed by atoms with Gasteiger partial charge in [0.2, 0.25) is 0 Å². The van der Waals surface area contributed by atoms with Crippen molar-refractivity contribution in [1.82, 2.24) is 14.9 Å². The summed E-state index contributed by atoms with van der Waals surface area (Å²) in [4.78, 5) is 23.6. The third-order valence-electron chi connectivity index (χ3n) is 6.06. The van der Waals surface area contributed by atoms with Gasteiger partial charge in [0.1, 0.15) is 11.6 Å². The molecule has 3 aromatic rings. The van der Waals surface area contributed by atoms with Crippen LogP contribution >= 0.6 is 11.6 Å². The van der Waals surface area contributed by atoms with Crippen molar-refractivity contribution in [2.24, 2.45) is 5.92 Å². The van der Waals surface area contributed by atoms with Crippen molar-refractivity contribution in [2.45, 2.75) is 25.7 Å². The van der Waals surface area contributed by atoms with E-state index in [9.17, 15) is 4.79 Å². The number of carbonyl (C=O) groups is 1. The number of pyridine rings is 2. The number of nitrogens with zero attached hydrogens (tertiary/aromatic N) is 3. The molecule has 6 nitrogen and oxygen atoms in total. The molecule has 3 N–H and O–H groups in total. The molecule has 31 heavy (non-hydrogen) atoms. The van der Waals surface area contributed by atoms with Gasteiger partial charge in [-0.25, -0.2) is 9.97 Å². The minimum atomic E-state index is 0.0330. The zero-order chi connectivity index (χ0) is 21.8. The molecule has 3 heterocycles. The van der Waals surface area contributed by atoms with Crippen LogP contribution in [0.4, 0.5) is 11.6 Å². The molecule has 0 amide bonds. The lowest BCUT2D eigenvalue weighted by Gasteiger charge is -2.29. The molecule has 1 aliphatic rings. The number of anilines is 2. The third-order valence-corrected chi connectivity index (χ3v) is 6.35. The van der Waals surface area contributed by atoms with E-state index in [1.54, 1.807) is 18.5 Å². The van der Waals surface area contributed by atoms with Gasteiger partial charge in [-0.15, -0.1) is 0 Å². The molecule has 4 rings (SSSR count). The molecule has 7 heteroatoms. The first-order chi connectivity index (χ1) is 15.0. The van der Waals surface area contributed by atoms with E-state index in [2.05, 4.69) is 33.3 Å². The van der Waals surface area contributed by atoms with E-state index in [0.717, 1.165) is 36.0 Å². The molecule has 0 unspecified atom stereocenters. The Morgan fingerprint density at radius 3 is 2.81 bits per heavy atom. The van der Waals surface area contributed by atoms with Gasteiger partial charge in [0, 0.05) is 36.3 Å². The molecule has 0 radical (unpaired) electrons. The number of nitrogens with one attached hydrogen (secondary N) is 1. The maximum atomic E-state index is 12.7. The van der Waals surface area contributed by atoms with Gasteiger partial charge in [-0.1, -0.05) is 29.8 Å². The fourth-order valence-electron chi connectivity index (χ4n) is 4.04. The van der Waals surface area contributed by atoms with Crippen molar-refractivity contribution < 1.29 is 4.79 Å². The van der Waals surface area contributed by atoms with Crippen LogP contribution in [0.3, 0.4) is 0 Å². The lowest BCUT2D eigenvalue weighted by molar-refractivity contribution is 0.0982. The summed E-state index contributed by atoms with van der Waals surface area (Å²) in [6.07, 6.45) is 6.71. The van der Waals surface area contributed by atoms with E-state index in [1.807, 2.05) is 18.2 Å². The molecule has 0 spiro atoms. The molecule has 1 saturated heterocycles. The van der Waals surface area contributed by atoms with Gasteiger partial charge in [-0.3, -0.25) is 4.79 Å². The van der Waals surface area contributed by atoms with Gasteiger partial charge >= 0.3 is 0 Å². The maximum Gasteiger partial charge on any atom is 0.164 e. The second kappa shape index (κ2) is 9.62. The number of nitrogens with two attached hydrogens (primary N) is 1. The van der Waals surface area contributed by atoms with Gasteiger partial charge < -0.3 is 16.0 Å². The van der Waals surface area contributed by atoms with E-state index in [1.165, 1.54) is 12.8 Å². The predicted octanol–water partition coefficient (Wildman–Crippen LogP) is 4.43. The molecule has 2 aromatic heterocycles. The van der Waals surface area contributed by atoms with Gasteiger partial charge in [-0.05, 0) is 68.4 Å². The van der Waals surface area contributed by atoms with Crippen molar-refractivity contribution in [3.05, 3.63) is 58.9 Å². The van der Waals surface area contributed by atoms with Crippen LogP contribution in [0.25, 0.3) is 10.8 Å². The molecule has 0 atom stereocenters. The lowest BCUT2D eigenvalue weighted by Crippen LogP contribution is -2.33. The zero-order valence-electron chi connectivity index (χ0n) is 17.8. The standard InChI is InChI=1S/C24H28ClN5O/c1-30-10-7-17(8-11-30)14-28-24-21(25)13-19(15-29-24)22(31)5-3-16-2-4-20-18(12-16)6-9-27-23(20)26/h2,4,6,9,12-13,15,17H,3,5,7-8,10-11,14H2,1H3,(H2,26,27)(H,28,29). The number of hydrogen-bond acceptors (Lipinski definition) is 6. The smallest absolute Gasteiger partial charge is 0.164 e. The predicted molar refractivity (Wildman–Crippen MR) is 127 cm³/mol. The van der Waals surface area contributed by atoms with Crippen LogP contribution < -0.4 is 11.1 Å². The highest BCUT2D eigenvalue weighted by molar-refractivity contribution is 6.33. The average Bonchev–Trinajstić information content (AvgIpc) is 2.78. The topological polar surface area (TPSA) is 84.1 Å². The summed E-state index contributed by atoms with van der Waals surface area (Å²) in [7, 11) is 2.16. The van der Waals surface area contributed by atoms with E-state index < -0.39 is 0 Å². The molecule has 0 bridgehead atoms. The van der Waals surface area contributed by atoms with Crippen LogP contribution in [-0.4, -0.2) is 47.3 Å². The number of hydrogen-bond donors (Lipinski definition) is 2. The summed E-state index contributed by atoms with van der Waals surface area (Å²) in [5.41, 5.74) is 7.54. The minimum Gasteiger partial charge on any atom is -0.383 e. The highest BCUT2D eigenvalue weighted by Gasteiger charge is 2.17. The number of benzene rings is 1. The second-order valence-corrected chi connectivity index (χ2v) is 8.76. The summed E-state index contributed by atoms with van der Waals surface area (Å²) in [6.45, 7) is 3.11. The molecule has 0 aliphatic carbocycles. The first-order valence-corrected chi connectivity index (χ1v) is 11.1. The number of piperidine rings is 1. The number of rotatable bonds is 7. The van der Waals surface area contributed by atoms with Crippen LogP contribution in [0.1, 0.15) is 35.2 Å². The Hall–Kier alpha value is -2.70. The first kappa shape index (κ1) is 21.5. The number of Topliss-reactive ketones (excluding diaryl/α,β-unsaturated/α-hetero) is 1. The highest BCUT2D eigenvalue weighted by Crippen LogP contribution is 2.24. The summed E-state index contributed by atoms with van der Waals surface area (Å²) >= 11 is 6.41. The molecule has 0 saturated carbocycles. The van der Waals surface area contributed by atoms with Crippen molar-refractivity contribution in [2.75, 3.05) is 37.7 Å². The zero-order valence-corrected chi connectivity index (χ0v) is 18.5. The summed E-state index contributed by atoms with van der Waals surface area (Å²) in [6, 6.07) is 9.66. The van der Waals surface area contributed by atoms with Crippen molar-refractivity contribution in [1.29, 1.82) is 0 Å². The number of likely N-dealkylation sites (tertiary alicyclic amines) is 1. The van der Waals surface area contributed by atoms with Crippen LogP contribution in [0.2, 0.25) is 5.02 Å². The Kier molecular flexibility index (Phi) is 6.68. The molecule has 162 valence electrons. The quantitative estimate of drug-likeness (QED) is 0.532. The molecular weight excluding hydrogens is 410 g/mol.